The average Bonchev–Trinajstić information content (AvgIpc) is 2.83. The van der Waals surface area contributed by atoms with E-state index in [1.54, 1.807) is 13.0 Å². The van der Waals surface area contributed by atoms with Crippen LogP contribution in [0.4, 0.5) is 5.69 Å². The van der Waals surface area contributed by atoms with Gasteiger partial charge in [-0.3, -0.25) is 9.40 Å². The molecule has 6 heteroatoms. The first-order valence-electron chi connectivity index (χ1n) is 5.64. The van der Waals surface area contributed by atoms with Crippen molar-refractivity contribution in [3.8, 4) is 0 Å². The van der Waals surface area contributed by atoms with Gasteiger partial charge in [-0.15, -0.1) is 0 Å². The van der Waals surface area contributed by atoms with Gasteiger partial charge in [0.15, 0.2) is 0 Å². The van der Waals surface area contributed by atoms with Gasteiger partial charge in [0.25, 0.3) is 10.0 Å². The van der Waals surface area contributed by atoms with E-state index in [0.717, 1.165) is 5.56 Å². The van der Waals surface area contributed by atoms with Gasteiger partial charge >= 0.3 is 0 Å². The number of hydrogen-bond acceptors (Lipinski definition) is 3. The van der Waals surface area contributed by atoms with Crippen molar-refractivity contribution in [1.82, 2.24) is 10.2 Å². The molecule has 0 radical (unpaired) electrons. The SMILES string of the molecule is CCN(c1cccc(C)c1)S(=O)(=O)c1cn[nH]c1. The van der Waals surface area contributed by atoms with Crippen molar-refractivity contribution in [2.24, 2.45) is 0 Å². The second-order valence-corrected chi connectivity index (χ2v) is 5.81. The van der Waals surface area contributed by atoms with E-state index in [0.29, 0.717) is 12.2 Å². The van der Waals surface area contributed by atoms with Crippen LogP contribution in [0.15, 0.2) is 41.6 Å². The smallest absolute Gasteiger partial charge is 0.267 e. The highest BCUT2D eigenvalue weighted by atomic mass is 32.2. The summed E-state index contributed by atoms with van der Waals surface area (Å²) in [5, 5.41) is 6.21. The molecule has 2 rings (SSSR count). The van der Waals surface area contributed by atoms with Crippen LogP contribution in [0.1, 0.15) is 12.5 Å². The van der Waals surface area contributed by atoms with E-state index in [1.165, 1.54) is 16.7 Å². The van der Waals surface area contributed by atoms with Crippen molar-refractivity contribution < 1.29 is 8.42 Å². The van der Waals surface area contributed by atoms with Gasteiger partial charge in [0.2, 0.25) is 0 Å². The lowest BCUT2D eigenvalue weighted by Gasteiger charge is -2.22. The molecule has 0 aliphatic rings. The molecule has 0 unspecified atom stereocenters. The maximum Gasteiger partial charge on any atom is 0.267 e. The summed E-state index contributed by atoms with van der Waals surface area (Å²) in [6, 6.07) is 7.41. The lowest BCUT2D eigenvalue weighted by molar-refractivity contribution is 0.592. The molecule has 0 bridgehead atoms. The quantitative estimate of drug-likeness (QED) is 0.918. The van der Waals surface area contributed by atoms with Crippen LogP contribution in [0.2, 0.25) is 0 Å². The zero-order valence-electron chi connectivity index (χ0n) is 10.3. The molecule has 0 aliphatic heterocycles. The van der Waals surface area contributed by atoms with Crippen LogP contribution < -0.4 is 4.31 Å². The number of aromatic amines is 1. The van der Waals surface area contributed by atoms with Crippen LogP contribution in [0, 0.1) is 6.92 Å². The summed E-state index contributed by atoms with van der Waals surface area (Å²) < 4.78 is 26.2. The monoisotopic (exact) mass is 265 g/mol. The van der Waals surface area contributed by atoms with Crippen LogP contribution in [-0.4, -0.2) is 25.2 Å². The molecule has 0 fully saturated rings. The number of aryl methyl sites for hydroxylation is 1. The van der Waals surface area contributed by atoms with E-state index >= 15 is 0 Å². The minimum Gasteiger partial charge on any atom is -0.284 e. The van der Waals surface area contributed by atoms with E-state index in [4.69, 9.17) is 0 Å². The third-order valence-electron chi connectivity index (χ3n) is 2.64. The summed E-state index contributed by atoms with van der Waals surface area (Å²) in [4.78, 5) is 0.172. The average molecular weight is 265 g/mol. The Labute approximate surface area is 107 Å². The number of nitrogens with zero attached hydrogens (tertiary/aromatic N) is 2. The molecule has 1 N–H and O–H groups in total. The van der Waals surface area contributed by atoms with Crippen molar-refractivity contribution in [3.05, 3.63) is 42.2 Å². The second-order valence-electron chi connectivity index (χ2n) is 3.94. The molecule has 0 saturated carbocycles. The van der Waals surface area contributed by atoms with Gasteiger partial charge in [0.1, 0.15) is 4.90 Å². The Kier molecular flexibility index (Phi) is 3.38. The topological polar surface area (TPSA) is 66.1 Å². The highest BCUT2D eigenvalue weighted by molar-refractivity contribution is 7.92. The minimum atomic E-state index is -3.54. The van der Waals surface area contributed by atoms with Crippen molar-refractivity contribution in [2.75, 3.05) is 10.8 Å². The van der Waals surface area contributed by atoms with Gasteiger partial charge in [0, 0.05) is 12.7 Å². The Morgan fingerprint density at radius 2 is 2.17 bits per heavy atom. The normalized spacial score (nSPS) is 11.4. The van der Waals surface area contributed by atoms with Crippen molar-refractivity contribution >= 4 is 15.7 Å². The molecule has 0 aliphatic carbocycles. The van der Waals surface area contributed by atoms with Crippen LogP contribution >= 0.6 is 0 Å². The van der Waals surface area contributed by atoms with E-state index in [2.05, 4.69) is 10.2 Å². The summed E-state index contributed by atoms with van der Waals surface area (Å²) in [6.07, 6.45) is 2.70. The Morgan fingerprint density at radius 3 is 2.72 bits per heavy atom. The van der Waals surface area contributed by atoms with Crippen molar-refractivity contribution in [2.45, 2.75) is 18.7 Å². The summed E-state index contributed by atoms with van der Waals surface area (Å²) in [6.45, 7) is 4.11. The van der Waals surface area contributed by atoms with E-state index in [1.807, 2.05) is 25.1 Å². The summed E-state index contributed by atoms with van der Waals surface area (Å²) in [5.74, 6) is 0. The maximum absolute atomic E-state index is 12.4. The number of hydrogen-bond donors (Lipinski definition) is 1. The number of H-pyrrole nitrogens is 1. The molecule has 0 saturated heterocycles. The van der Waals surface area contributed by atoms with Crippen LogP contribution in [0.5, 0.6) is 0 Å². The molecule has 1 heterocycles. The first-order chi connectivity index (χ1) is 8.55. The van der Waals surface area contributed by atoms with Gasteiger partial charge in [-0.2, -0.15) is 5.10 Å². The maximum atomic E-state index is 12.4. The van der Waals surface area contributed by atoms with Crippen molar-refractivity contribution in [3.63, 3.8) is 0 Å². The highest BCUT2D eigenvalue weighted by Crippen LogP contribution is 2.23. The fourth-order valence-corrected chi connectivity index (χ4v) is 3.15. The summed E-state index contributed by atoms with van der Waals surface area (Å²) in [5.41, 5.74) is 1.69. The summed E-state index contributed by atoms with van der Waals surface area (Å²) in [7, 11) is -3.54. The molecule has 0 atom stereocenters. The molecular weight excluding hydrogens is 250 g/mol. The zero-order chi connectivity index (χ0) is 13.2. The number of nitrogens with one attached hydrogen (secondary N) is 1. The van der Waals surface area contributed by atoms with Gasteiger partial charge in [-0.05, 0) is 31.5 Å². The largest absolute Gasteiger partial charge is 0.284 e. The first kappa shape index (κ1) is 12.6. The van der Waals surface area contributed by atoms with Gasteiger partial charge in [-0.25, -0.2) is 8.42 Å². The number of aromatic nitrogens is 2. The molecule has 0 amide bonds. The fraction of sp³-hybridized carbons (Fsp3) is 0.250. The lowest BCUT2D eigenvalue weighted by Crippen LogP contribution is -2.30. The molecule has 0 spiro atoms. The molecule has 5 nitrogen and oxygen atoms in total. The fourth-order valence-electron chi connectivity index (χ4n) is 1.78. The van der Waals surface area contributed by atoms with Crippen LogP contribution in [0.3, 0.4) is 0 Å². The minimum absolute atomic E-state index is 0.172. The number of rotatable bonds is 4. The lowest BCUT2D eigenvalue weighted by atomic mass is 10.2. The molecule has 2 aromatic rings. The molecular formula is C12H15N3O2S. The third-order valence-corrected chi connectivity index (χ3v) is 4.51. The van der Waals surface area contributed by atoms with E-state index in [9.17, 15) is 8.42 Å². The van der Waals surface area contributed by atoms with Crippen LogP contribution in [-0.2, 0) is 10.0 Å². The van der Waals surface area contributed by atoms with Crippen molar-refractivity contribution in [1.29, 1.82) is 0 Å². The Bertz CT molecular complexity index is 621. The second kappa shape index (κ2) is 4.81. The predicted molar refractivity (Wildman–Crippen MR) is 70.0 cm³/mol. The Hall–Kier alpha value is -1.82. The molecule has 1 aromatic heterocycles. The van der Waals surface area contributed by atoms with Crippen LogP contribution in [0.25, 0.3) is 0 Å². The Morgan fingerprint density at radius 1 is 1.39 bits per heavy atom. The predicted octanol–water partition coefficient (Wildman–Crippen LogP) is 1.93. The van der Waals surface area contributed by atoms with Gasteiger partial charge in [0.05, 0.1) is 11.9 Å². The van der Waals surface area contributed by atoms with E-state index in [-0.39, 0.29) is 4.90 Å². The molecule has 18 heavy (non-hydrogen) atoms. The highest BCUT2D eigenvalue weighted by Gasteiger charge is 2.24. The van der Waals surface area contributed by atoms with Gasteiger partial charge < -0.3 is 0 Å². The molecule has 1 aromatic carbocycles. The standard InChI is InChI=1S/C12H15N3O2S/c1-3-15(11-6-4-5-10(2)7-11)18(16,17)12-8-13-14-9-12/h4-9H,3H2,1-2H3,(H,13,14). The molecule has 96 valence electrons. The number of anilines is 1. The first-order valence-corrected chi connectivity index (χ1v) is 7.08. The Balaban J connectivity index is 2.47. The third kappa shape index (κ3) is 2.24. The zero-order valence-corrected chi connectivity index (χ0v) is 11.1. The number of sulfonamides is 1. The number of benzene rings is 1. The van der Waals surface area contributed by atoms with E-state index < -0.39 is 10.0 Å². The summed E-state index contributed by atoms with van der Waals surface area (Å²) >= 11 is 0. The van der Waals surface area contributed by atoms with Gasteiger partial charge in [-0.1, -0.05) is 12.1 Å².